The third-order valence-corrected chi connectivity index (χ3v) is 4.77. The zero-order valence-electron chi connectivity index (χ0n) is 14.1. The van der Waals surface area contributed by atoms with Crippen molar-refractivity contribution < 1.29 is 18.7 Å². The van der Waals surface area contributed by atoms with Gasteiger partial charge in [0.2, 0.25) is 0 Å². The minimum Gasteiger partial charge on any atom is -0.469 e. The van der Waals surface area contributed by atoms with E-state index in [1.165, 1.54) is 13.4 Å². The van der Waals surface area contributed by atoms with E-state index in [0.717, 1.165) is 28.6 Å². The second-order valence-corrected chi connectivity index (χ2v) is 6.20. The number of nitrogens with one attached hydrogen (secondary N) is 1. The molecule has 1 amide bonds. The predicted octanol–water partition coefficient (Wildman–Crippen LogP) is 3.05. The molecule has 1 aromatic carbocycles. The summed E-state index contributed by atoms with van der Waals surface area (Å²) in [5.41, 5.74) is 4.24. The van der Waals surface area contributed by atoms with Gasteiger partial charge < -0.3 is 19.0 Å². The topological polar surface area (TPSA) is 75.5 Å². The van der Waals surface area contributed by atoms with E-state index in [9.17, 15) is 9.59 Å². The molecule has 0 fully saturated rings. The highest BCUT2D eigenvalue weighted by molar-refractivity contribution is 5.98. The summed E-state index contributed by atoms with van der Waals surface area (Å²) in [5, 5.41) is 0.958. The summed E-state index contributed by atoms with van der Waals surface area (Å²) in [7, 11) is 1.37. The first-order valence-corrected chi connectivity index (χ1v) is 8.13. The molecule has 0 saturated carbocycles. The second kappa shape index (κ2) is 5.81. The number of hydrogen-bond acceptors (Lipinski definition) is 4. The molecule has 0 aliphatic carbocycles. The number of aromatic amines is 1. The van der Waals surface area contributed by atoms with Crippen molar-refractivity contribution in [2.45, 2.75) is 19.9 Å². The molecule has 0 bridgehead atoms. The molecule has 0 saturated heterocycles. The molecule has 3 aromatic rings. The number of carbonyl (C=O) groups is 2. The summed E-state index contributed by atoms with van der Waals surface area (Å²) < 4.78 is 10.1. The minimum atomic E-state index is -0.366. The summed E-state index contributed by atoms with van der Waals surface area (Å²) in [4.78, 5) is 29.8. The Morgan fingerprint density at radius 1 is 1.28 bits per heavy atom. The lowest BCUT2D eigenvalue weighted by molar-refractivity contribution is 0.0600. The molecule has 6 nitrogen and oxygen atoms in total. The lowest BCUT2D eigenvalue weighted by atomic mass is 10.0. The Morgan fingerprint density at radius 2 is 2.12 bits per heavy atom. The normalized spacial score (nSPS) is 13.8. The molecule has 0 atom stereocenters. The summed E-state index contributed by atoms with van der Waals surface area (Å²) in [6.07, 6.45) is 2.28. The van der Waals surface area contributed by atoms with Gasteiger partial charge in [-0.15, -0.1) is 0 Å². The van der Waals surface area contributed by atoms with Gasteiger partial charge in [0.1, 0.15) is 5.76 Å². The first-order chi connectivity index (χ1) is 12.1. The average Bonchev–Trinajstić information content (AvgIpc) is 3.22. The van der Waals surface area contributed by atoms with Gasteiger partial charge in [0.15, 0.2) is 0 Å². The molecule has 0 radical (unpaired) electrons. The second-order valence-electron chi connectivity index (χ2n) is 6.20. The number of fused-ring (bicyclic) bond motifs is 3. The minimum absolute atomic E-state index is 0.0321. The zero-order valence-corrected chi connectivity index (χ0v) is 14.1. The van der Waals surface area contributed by atoms with Crippen molar-refractivity contribution in [1.29, 1.82) is 0 Å². The van der Waals surface area contributed by atoms with Crippen molar-refractivity contribution in [3.63, 3.8) is 0 Å². The largest absolute Gasteiger partial charge is 0.469 e. The Balaban J connectivity index is 1.71. The number of benzene rings is 1. The van der Waals surface area contributed by atoms with Gasteiger partial charge >= 0.3 is 5.97 Å². The van der Waals surface area contributed by atoms with Gasteiger partial charge in [-0.25, -0.2) is 4.79 Å². The standard InChI is InChI=1S/C19H18N2O4/c1-11-13(6-8-25-11)18(22)21-7-5-17-15(10-21)14-9-12(19(23)24-2)3-4-16(14)20-17/h3-4,6,8-9,20H,5,7,10H2,1-2H3. The summed E-state index contributed by atoms with van der Waals surface area (Å²) in [5.74, 6) is 0.229. The molecule has 1 aliphatic rings. The van der Waals surface area contributed by atoms with Gasteiger partial charge in [-0.2, -0.15) is 0 Å². The van der Waals surface area contributed by atoms with Crippen LogP contribution in [0.5, 0.6) is 0 Å². The van der Waals surface area contributed by atoms with Crippen LogP contribution in [0.4, 0.5) is 0 Å². The Morgan fingerprint density at radius 3 is 2.84 bits per heavy atom. The Bertz CT molecular complexity index is 983. The van der Waals surface area contributed by atoms with Crippen LogP contribution in [0.25, 0.3) is 10.9 Å². The van der Waals surface area contributed by atoms with Crippen LogP contribution in [0.3, 0.4) is 0 Å². The number of esters is 1. The number of hydrogen-bond donors (Lipinski definition) is 1. The van der Waals surface area contributed by atoms with E-state index in [2.05, 4.69) is 4.98 Å². The molecule has 1 N–H and O–H groups in total. The van der Waals surface area contributed by atoms with Gasteiger partial charge in [-0.1, -0.05) is 0 Å². The van der Waals surface area contributed by atoms with Crippen LogP contribution in [-0.2, 0) is 17.7 Å². The smallest absolute Gasteiger partial charge is 0.337 e. The lowest BCUT2D eigenvalue weighted by Crippen LogP contribution is -2.35. The van der Waals surface area contributed by atoms with Gasteiger partial charge in [0.25, 0.3) is 5.91 Å². The number of aryl methyl sites for hydroxylation is 1. The van der Waals surface area contributed by atoms with Gasteiger partial charge in [-0.05, 0) is 31.2 Å². The van der Waals surface area contributed by atoms with Crippen molar-refractivity contribution in [3.05, 3.63) is 58.7 Å². The first-order valence-electron chi connectivity index (χ1n) is 8.13. The van der Waals surface area contributed by atoms with Gasteiger partial charge in [0, 0.05) is 41.7 Å². The highest BCUT2D eigenvalue weighted by Crippen LogP contribution is 2.29. The average molecular weight is 338 g/mol. The number of furan rings is 1. The van der Waals surface area contributed by atoms with Crippen molar-refractivity contribution in [3.8, 4) is 0 Å². The lowest BCUT2D eigenvalue weighted by Gasteiger charge is -2.27. The van der Waals surface area contributed by atoms with Crippen LogP contribution in [0.1, 0.15) is 37.7 Å². The highest BCUT2D eigenvalue weighted by Gasteiger charge is 2.26. The molecule has 25 heavy (non-hydrogen) atoms. The molecule has 4 rings (SSSR count). The zero-order chi connectivity index (χ0) is 17.6. The molecule has 0 spiro atoms. The third kappa shape index (κ3) is 2.50. The molecule has 6 heteroatoms. The summed E-state index contributed by atoms with van der Waals surface area (Å²) in [6, 6.07) is 7.16. The van der Waals surface area contributed by atoms with Crippen molar-refractivity contribution >= 4 is 22.8 Å². The summed E-state index contributed by atoms with van der Waals surface area (Å²) >= 11 is 0. The van der Waals surface area contributed by atoms with Crippen molar-refractivity contribution in [1.82, 2.24) is 9.88 Å². The molecular weight excluding hydrogens is 320 g/mol. The number of nitrogens with zero attached hydrogens (tertiary/aromatic N) is 1. The van der Waals surface area contributed by atoms with Crippen LogP contribution in [0.15, 0.2) is 34.9 Å². The highest BCUT2D eigenvalue weighted by atomic mass is 16.5. The van der Waals surface area contributed by atoms with Gasteiger partial charge in [-0.3, -0.25) is 4.79 Å². The fraction of sp³-hybridized carbons (Fsp3) is 0.263. The van der Waals surface area contributed by atoms with E-state index in [1.54, 1.807) is 19.1 Å². The number of methoxy groups -OCH3 is 1. The molecular formula is C19H18N2O4. The molecule has 2 aromatic heterocycles. The molecule has 0 unspecified atom stereocenters. The van der Waals surface area contributed by atoms with E-state index in [1.807, 2.05) is 17.0 Å². The predicted molar refractivity (Wildman–Crippen MR) is 91.5 cm³/mol. The van der Waals surface area contributed by atoms with Crippen LogP contribution in [0.2, 0.25) is 0 Å². The van der Waals surface area contributed by atoms with Crippen LogP contribution in [0, 0.1) is 6.92 Å². The van der Waals surface area contributed by atoms with E-state index >= 15 is 0 Å². The van der Waals surface area contributed by atoms with E-state index in [0.29, 0.717) is 30.0 Å². The number of H-pyrrole nitrogens is 1. The Kier molecular flexibility index (Phi) is 3.60. The maximum absolute atomic E-state index is 12.8. The van der Waals surface area contributed by atoms with E-state index in [-0.39, 0.29) is 11.9 Å². The quantitative estimate of drug-likeness (QED) is 0.729. The number of ether oxygens (including phenoxy) is 1. The van der Waals surface area contributed by atoms with E-state index < -0.39 is 0 Å². The monoisotopic (exact) mass is 338 g/mol. The van der Waals surface area contributed by atoms with Crippen LogP contribution in [-0.4, -0.2) is 35.4 Å². The molecule has 1 aliphatic heterocycles. The number of aromatic nitrogens is 1. The Labute approximate surface area is 144 Å². The van der Waals surface area contributed by atoms with Crippen molar-refractivity contribution in [2.24, 2.45) is 0 Å². The maximum Gasteiger partial charge on any atom is 0.337 e. The van der Waals surface area contributed by atoms with Crippen molar-refractivity contribution in [2.75, 3.05) is 13.7 Å². The summed E-state index contributed by atoms with van der Waals surface area (Å²) in [6.45, 7) is 2.94. The maximum atomic E-state index is 12.8. The van der Waals surface area contributed by atoms with E-state index in [4.69, 9.17) is 9.15 Å². The number of rotatable bonds is 2. The third-order valence-electron chi connectivity index (χ3n) is 4.77. The number of carbonyl (C=O) groups excluding carboxylic acids is 2. The number of amides is 1. The fourth-order valence-corrected chi connectivity index (χ4v) is 3.41. The molecule has 128 valence electrons. The molecule has 3 heterocycles. The fourth-order valence-electron chi connectivity index (χ4n) is 3.41. The SMILES string of the molecule is COC(=O)c1ccc2[nH]c3c(c2c1)CN(C(=O)c1ccoc1C)CC3. The van der Waals surface area contributed by atoms with Crippen LogP contribution < -0.4 is 0 Å². The van der Waals surface area contributed by atoms with Gasteiger partial charge in [0.05, 0.1) is 24.5 Å². The first kappa shape index (κ1) is 15.5. The Hall–Kier alpha value is -3.02. The van der Waals surface area contributed by atoms with Crippen LogP contribution >= 0.6 is 0 Å².